The highest BCUT2D eigenvalue weighted by Crippen LogP contribution is 2.27. The fourth-order valence-electron chi connectivity index (χ4n) is 2.16. The SMILES string of the molecule is C[C@@H](NC(=O)NC[C@]1(O)CCSC1)c1ccc(F)cc1Cl. The average Bonchev–Trinajstić information content (AvgIpc) is 2.84. The van der Waals surface area contributed by atoms with E-state index in [4.69, 9.17) is 11.6 Å². The third-order valence-corrected chi connectivity index (χ3v) is 5.00. The van der Waals surface area contributed by atoms with E-state index in [-0.39, 0.29) is 23.6 Å². The van der Waals surface area contributed by atoms with Gasteiger partial charge in [0.2, 0.25) is 0 Å². The summed E-state index contributed by atoms with van der Waals surface area (Å²) in [6.07, 6.45) is 0.678. The average molecular weight is 333 g/mol. The summed E-state index contributed by atoms with van der Waals surface area (Å²) >= 11 is 7.63. The highest BCUT2D eigenvalue weighted by Gasteiger charge is 2.32. The van der Waals surface area contributed by atoms with Crippen LogP contribution in [-0.2, 0) is 0 Å². The topological polar surface area (TPSA) is 61.4 Å². The van der Waals surface area contributed by atoms with E-state index in [9.17, 15) is 14.3 Å². The molecular weight excluding hydrogens is 315 g/mol. The van der Waals surface area contributed by atoms with Crippen LogP contribution in [0.1, 0.15) is 24.9 Å². The molecule has 1 aliphatic heterocycles. The van der Waals surface area contributed by atoms with Gasteiger partial charge in [-0.2, -0.15) is 11.8 Å². The second-order valence-electron chi connectivity index (χ2n) is 5.24. The molecule has 0 bridgehead atoms. The smallest absolute Gasteiger partial charge is 0.315 e. The van der Waals surface area contributed by atoms with Gasteiger partial charge in [-0.1, -0.05) is 17.7 Å². The van der Waals surface area contributed by atoms with Gasteiger partial charge < -0.3 is 15.7 Å². The lowest BCUT2D eigenvalue weighted by Gasteiger charge is -2.23. The molecule has 1 aromatic rings. The number of carbonyl (C=O) groups excluding carboxylic acids is 1. The summed E-state index contributed by atoms with van der Waals surface area (Å²) in [6.45, 7) is 1.98. The van der Waals surface area contributed by atoms with Crippen molar-refractivity contribution in [2.24, 2.45) is 0 Å². The Bertz CT molecular complexity index is 524. The minimum Gasteiger partial charge on any atom is -0.387 e. The molecule has 21 heavy (non-hydrogen) atoms. The molecule has 1 heterocycles. The summed E-state index contributed by atoms with van der Waals surface area (Å²) in [6, 6.07) is 3.32. The van der Waals surface area contributed by atoms with Crippen molar-refractivity contribution in [3.63, 3.8) is 0 Å². The van der Waals surface area contributed by atoms with E-state index in [2.05, 4.69) is 10.6 Å². The summed E-state index contributed by atoms with van der Waals surface area (Å²) in [5.74, 6) is 1.12. The lowest BCUT2D eigenvalue weighted by molar-refractivity contribution is 0.0699. The largest absolute Gasteiger partial charge is 0.387 e. The molecule has 0 spiro atoms. The van der Waals surface area contributed by atoms with Crippen LogP contribution in [0.3, 0.4) is 0 Å². The van der Waals surface area contributed by atoms with E-state index in [0.717, 1.165) is 5.75 Å². The number of hydrogen-bond acceptors (Lipinski definition) is 3. The number of aliphatic hydroxyl groups is 1. The molecule has 2 amide bonds. The molecule has 3 N–H and O–H groups in total. The van der Waals surface area contributed by atoms with Gasteiger partial charge >= 0.3 is 6.03 Å². The first-order valence-corrected chi connectivity index (χ1v) is 8.22. The van der Waals surface area contributed by atoms with Gasteiger partial charge in [-0.05, 0) is 36.8 Å². The predicted octanol–water partition coefficient (Wildman–Crippen LogP) is 2.71. The van der Waals surface area contributed by atoms with E-state index < -0.39 is 11.4 Å². The molecule has 0 saturated carbocycles. The Labute approximate surface area is 132 Å². The van der Waals surface area contributed by atoms with Gasteiger partial charge in [0, 0.05) is 17.3 Å². The number of amides is 2. The van der Waals surface area contributed by atoms with Crippen molar-refractivity contribution in [3.8, 4) is 0 Å². The van der Waals surface area contributed by atoms with Crippen LogP contribution in [0, 0.1) is 5.82 Å². The van der Waals surface area contributed by atoms with Crippen LogP contribution < -0.4 is 10.6 Å². The zero-order chi connectivity index (χ0) is 15.5. The molecule has 1 aliphatic rings. The van der Waals surface area contributed by atoms with Crippen molar-refractivity contribution >= 4 is 29.4 Å². The number of thioether (sulfide) groups is 1. The Hall–Kier alpha value is -0.980. The fourth-order valence-corrected chi connectivity index (χ4v) is 3.78. The minimum atomic E-state index is -0.821. The normalized spacial score (nSPS) is 22.9. The molecule has 2 atom stereocenters. The molecule has 1 fully saturated rings. The molecule has 0 unspecified atom stereocenters. The lowest BCUT2D eigenvalue weighted by Crippen LogP contribution is -2.46. The number of halogens is 2. The van der Waals surface area contributed by atoms with Crippen molar-refractivity contribution in [3.05, 3.63) is 34.6 Å². The molecular formula is C14H18ClFN2O2S. The monoisotopic (exact) mass is 332 g/mol. The molecule has 1 saturated heterocycles. The maximum absolute atomic E-state index is 13.0. The number of benzene rings is 1. The maximum Gasteiger partial charge on any atom is 0.315 e. The summed E-state index contributed by atoms with van der Waals surface area (Å²) in [7, 11) is 0. The van der Waals surface area contributed by atoms with Crippen LogP contribution in [0.15, 0.2) is 18.2 Å². The van der Waals surface area contributed by atoms with E-state index >= 15 is 0 Å². The summed E-state index contributed by atoms with van der Waals surface area (Å²) in [5.41, 5.74) is -0.179. The molecule has 7 heteroatoms. The molecule has 4 nitrogen and oxygen atoms in total. The van der Waals surface area contributed by atoms with Crippen molar-refractivity contribution in [2.45, 2.75) is 25.0 Å². The maximum atomic E-state index is 13.0. The first kappa shape index (κ1) is 16.4. The van der Waals surface area contributed by atoms with E-state index in [1.807, 2.05) is 0 Å². The standard InChI is InChI=1S/C14H18ClFN2O2S/c1-9(11-3-2-10(16)6-12(11)15)18-13(19)17-7-14(20)4-5-21-8-14/h2-3,6,9,20H,4-5,7-8H2,1H3,(H2,17,18,19)/t9-,14-/m1/s1. The molecule has 0 aliphatic carbocycles. The second kappa shape index (κ2) is 6.85. The number of nitrogens with one attached hydrogen (secondary N) is 2. The van der Waals surface area contributed by atoms with Crippen molar-refractivity contribution in [1.82, 2.24) is 10.6 Å². The van der Waals surface area contributed by atoms with Gasteiger partial charge in [0.05, 0.1) is 11.6 Å². The highest BCUT2D eigenvalue weighted by molar-refractivity contribution is 7.99. The Kier molecular flexibility index (Phi) is 5.35. The molecule has 0 radical (unpaired) electrons. The summed E-state index contributed by atoms with van der Waals surface area (Å²) in [5, 5.41) is 15.8. The Morgan fingerprint density at radius 1 is 1.62 bits per heavy atom. The summed E-state index contributed by atoms with van der Waals surface area (Å²) in [4.78, 5) is 11.8. The molecule has 2 rings (SSSR count). The number of carbonyl (C=O) groups is 1. The third-order valence-electron chi connectivity index (χ3n) is 3.44. The van der Waals surface area contributed by atoms with Gasteiger partial charge in [-0.3, -0.25) is 0 Å². The van der Waals surface area contributed by atoms with Crippen molar-refractivity contribution in [2.75, 3.05) is 18.1 Å². The fraction of sp³-hybridized carbons (Fsp3) is 0.500. The van der Waals surface area contributed by atoms with Crippen LogP contribution in [0.4, 0.5) is 9.18 Å². The number of urea groups is 1. The van der Waals surface area contributed by atoms with E-state index in [1.54, 1.807) is 24.8 Å². The zero-order valence-corrected chi connectivity index (χ0v) is 13.2. The van der Waals surface area contributed by atoms with Crippen LogP contribution in [-0.4, -0.2) is 34.8 Å². The number of rotatable bonds is 4. The Balaban J connectivity index is 1.87. The van der Waals surface area contributed by atoms with Gasteiger partial charge in [-0.25, -0.2) is 9.18 Å². The van der Waals surface area contributed by atoms with Gasteiger partial charge in [-0.15, -0.1) is 0 Å². The van der Waals surface area contributed by atoms with Gasteiger partial charge in [0.1, 0.15) is 5.82 Å². The first-order chi connectivity index (χ1) is 9.89. The van der Waals surface area contributed by atoms with Crippen LogP contribution in [0.2, 0.25) is 5.02 Å². The second-order valence-corrected chi connectivity index (χ2v) is 6.75. The van der Waals surface area contributed by atoms with Gasteiger partial charge in [0.15, 0.2) is 0 Å². The van der Waals surface area contributed by atoms with Crippen LogP contribution in [0.5, 0.6) is 0 Å². The minimum absolute atomic E-state index is 0.218. The summed E-state index contributed by atoms with van der Waals surface area (Å²) < 4.78 is 13.0. The van der Waals surface area contributed by atoms with Crippen LogP contribution >= 0.6 is 23.4 Å². The molecule has 116 valence electrons. The van der Waals surface area contributed by atoms with E-state index in [0.29, 0.717) is 17.7 Å². The Morgan fingerprint density at radius 3 is 3.00 bits per heavy atom. The molecule has 0 aromatic heterocycles. The number of hydrogen-bond donors (Lipinski definition) is 3. The van der Waals surface area contributed by atoms with Crippen LogP contribution in [0.25, 0.3) is 0 Å². The first-order valence-electron chi connectivity index (χ1n) is 6.69. The quantitative estimate of drug-likeness (QED) is 0.794. The third kappa shape index (κ3) is 4.49. The van der Waals surface area contributed by atoms with Crippen molar-refractivity contribution < 1.29 is 14.3 Å². The predicted molar refractivity (Wildman–Crippen MR) is 83.3 cm³/mol. The Morgan fingerprint density at radius 2 is 2.38 bits per heavy atom. The molecule has 1 aromatic carbocycles. The van der Waals surface area contributed by atoms with Gasteiger partial charge in [0.25, 0.3) is 0 Å². The van der Waals surface area contributed by atoms with E-state index in [1.165, 1.54) is 12.1 Å². The van der Waals surface area contributed by atoms with Crippen molar-refractivity contribution in [1.29, 1.82) is 0 Å². The zero-order valence-electron chi connectivity index (χ0n) is 11.7. The lowest BCUT2D eigenvalue weighted by atomic mass is 10.0. The highest BCUT2D eigenvalue weighted by atomic mass is 35.5.